The monoisotopic (exact) mass is 479 g/mol. The fourth-order valence-corrected chi connectivity index (χ4v) is 4.11. The Morgan fingerprint density at radius 1 is 1.21 bits per heavy atom. The van der Waals surface area contributed by atoms with Gasteiger partial charge in [-0.05, 0) is 37.8 Å². The highest BCUT2D eigenvalue weighted by molar-refractivity contribution is 5.83. The molecular weight excluding hydrogens is 451 g/mol. The van der Waals surface area contributed by atoms with E-state index in [-0.39, 0.29) is 6.01 Å². The first-order valence-corrected chi connectivity index (χ1v) is 11.4. The minimum Gasteiger partial charge on any atom is -0.466 e. The zero-order valence-electron chi connectivity index (χ0n) is 19.2. The van der Waals surface area contributed by atoms with Crippen LogP contribution >= 0.6 is 0 Å². The van der Waals surface area contributed by atoms with Gasteiger partial charge in [0.2, 0.25) is 5.60 Å². The van der Waals surface area contributed by atoms with Crippen molar-refractivity contribution in [2.24, 2.45) is 5.92 Å². The number of carbonyl (C=O) groups excluding carboxylic acids is 1. The second-order valence-electron chi connectivity index (χ2n) is 8.67. The van der Waals surface area contributed by atoms with Gasteiger partial charge in [0, 0.05) is 44.2 Å². The molecule has 34 heavy (non-hydrogen) atoms. The van der Waals surface area contributed by atoms with E-state index in [0.29, 0.717) is 49.0 Å². The minimum absolute atomic E-state index is 0.00206. The number of carbonyl (C=O) groups is 1. The van der Waals surface area contributed by atoms with Crippen LogP contribution in [0.3, 0.4) is 0 Å². The summed E-state index contributed by atoms with van der Waals surface area (Å²) in [5, 5.41) is 0. The molecule has 1 saturated heterocycles. The lowest BCUT2D eigenvalue weighted by Crippen LogP contribution is -2.38. The lowest BCUT2D eigenvalue weighted by molar-refractivity contribution is -0.151. The summed E-state index contributed by atoms with van der Waals surface area (Å²) in [6, 6.07) is 6.54. The third-order valence-corrected chi connectivity index (χ3v) is 6.15. The number of aromatic nitrogens is 2. The molecule has 0 radical (unpaired) electrons. The van der Waals surface area contributed by atoms with Crippen molar-refractivity contribution in [1.29, 1.82) is 0 Å². The Morgan fingerprint density at radius 3 is 2.56 bits per heavy atom. The van der Waals surface area contributed by atoms with Gasteiger partial charge in [0.05, 0.1) is 25.0 Å². The summed E-state index contributed by atoms with van der Waals surface area (Å²) in [7, 11) is 1.29. The molecule has 7 nitrogen and oxygen atoms in total. The predicted molar refractivity (Wildman–Crippen MR) is 119 cm³/mol. The molecule has 2 aliphatic rings. The van der Waals surface area contributed by atoms with Crippen molar-refractivity contribution in [3.05, 3.63) is 35.9 Å². The SMILES string of the molecule is CCOC[C@H]1CCCN(c2cc(-c3ccc(C(F)(F)F)cc3)nc(OC3(C(=O)OC)CC3)n2)C1. The van der Waals surface area contributed by atoms with Crippen LogP contribution in [0.5, 0.6) is 6.01 Å². The normalized spacial score (nSPS) is 19.6. The highest BCUT2D eigenvalue weighted by Crippen LogP contribution is 2.41. The van der Waals surface area contributed by atoms with Crippen molar-refractivity contribution in [2.45, 2.75) is 44.4 Å². The van der Waals surface area contributed by atoms with Crippen LogP contribution in [-0.2, 0) is 20.4 Å². The number of methoxy groups -OCH3 is 1. The molecule has 0 unspecified atom stereocenters. The summed E-state index contributed by atoms with van der Waals surface area (Å²) in [6.07, 6.45) is -1.44. The Labute approximate surface area is 196 Å². The molecule has 0 N–H and O–H groups in total. The van der Waals surface area contributed by atoms with Crippen molar-refractivity contribution in [3.8, 4) is 17.3 Å². The number of halogens is 3. The molecule has 1 aromatic heterocycles. The van der Waals surface area contributed by atoms with E-state index in [0.717, 1.165) is 38.1 Å². The summed E-state index contributed by atoms with van der Waals surface area (Å²) in [6.45, 7) is 4.76. The molecule has 4 rings (SSSR count). The first kappa shape index (κ1) is 24.3. The van der Waals surface area contributed by atoms with Crippen LogP contribution in [0.15, 0.2) is 30.3 Å². The van der Waals surface area contributed by atoms with Gasteiger partial charge in [0.15, 0.2) is 0 Å². The average Bonchev–Trinajstić information content (AvgIpc) is 3.62. The van der Waals surface area contributed by atoms with Crippen LogP contribution in [0, 0.1) is 5.92 Å². The summed E-state index contributed by atoms with van der Waals surface area (Å²) in [5.74, 6) is 0.446. The van der Waals surface area contributed by atoms with E-state index in [4.69, 9.17) is 14.2 Å². The molecular formula is C24H28F3N3O4. The number of ether oxygens (including phenoxy) is 3. The molecule has 1 aliphatic carbocycles. The molecule has 0 spiro atoms. The van der Waals surface area contributed by atoms with Gasteiger partial charge < -0.3 is 19.1 Å². The van der Waals surface area contributed by atoms with Gasteiger partial charge in [-0.1, -0.05) is 12.1 Å². The maximum absolute atomic E-state index is 13.0. The van der Waals surface area contributed by atoms with E-state index >= 15 is 0 Å². The highest BCUT2D eigenvalue weighted by atomic mass is 19.4. The van der Waals surface area contributed by atoms with Crippen molar-refractivity contribution in [3.63, 3.8) is 0 Å². The van der Waals surface area contributed by atoms with Gasteiger partial charge in [-0.3, -0.25) is 0 Å². The third-order valence-electron chi connectivity index (χ3n) is 6.15. The van der Waals surface area contributed by atoms with E-state index in [9.17, 15) is 18.0 Å². The van der Waals surface area contributed by atoms with E-state index in [2.05, 4.69) is 14.9 Å². The Hall–Kier alpha value is -2.88. The number of nitrogens with zero attached hydrogens (tertiary/aromatic N) is 3. The average molecular weight is 479 g/mol. The maximum Gasteiger partial charge on any atom is 0.416 e. The molecule has 2 aromatic rings. The zero-order chi connectivity index (χ0) is 24.3. The van der Waals surface area contributed by atoms with Gasteiger partial charge in [-0.2, -0.15) is 23.1 Å². The van der Waals surface area contributed by atoms with Crippen LogP contribution in [0.1, 0.15) is 38.2 Å². The Morgan fingerprint density at radius 2 is 1.94 bits per heavy atom. The van der Waals surface area contributed by atoms with Crippen LogP contribution in [0.25, 0.3) is 11.3 Å². The molecule has 1 aromatic carbocycles. The molecule has 2 fully saturated rings. The van der Waals surface area contributed by atoms with E-state index in [1.165, 1.54) is 19.2 Å². The Balaban J connectivity index is 1.66. The largest absolute Gasteiger partial charge is 0.466 e. The van der Waals surface area contributed by atoms with Crippen LogP contribution in [0.2, 0.25) is 0 Å². The highest BCUT2D eigenvalue weighted by Gasteiger charge is 2.55. The van der Waals surface area contributed by atoms with E-state index < -0.39 is 23.3 Å². The second kappa shape index (κ2) is 9.77. The molecule has 10 heteroatoms. The molecule has 1 atom stereocenters. The zero-order valence-corrected chi connectivity index (χ0v) is 19.2. The van der Waals surface area contributed by atoms with Gasteiger partial charge in [-0.25, -0.2) is 4.79 Å². The van der Waals surface area contributed by atoms with Crippen molar-refractivity contribution in [1.82, 2.24) is 9.97 Å². The molecule has 2 heterocycles. The number of hydrogen-bond donors (Lipinski definition) is 0. The molecule has 0 amide bonds. The number of alkyl halides is 3. The lowest BCUT2D eigenvalue weighted by atomic mass is 9.99. The van der Waals surface area contributed by atoms with Gasteiger partial charge in [0.25, 0.3) is 0 Å². The number of rotatable bonds is 8. The van der Waals surface area contributed by atoms with Crippen LogP contribution < -0.4 is 9.64 Å². The van der Waals surface area contributed by atoms with E-state index in [1.807, 2.05) is 6.92 Å². The second-order valence-corrected chi connectivity index (χ2v) is 8.67. The molecule has 184 valence electrons. The maximum atomic E-state index is 13.0. The smallest absolute Gasteiger partial charge is 0.416 e. The summed E-state index contributed by atoms with van der Waals surface area (Å²) < 4.78 is 55.4. The van der Waals surface area contributed by atoms with Gasteiger partial charge in [0.1, 0.15) is 5.82 Å². The third kappa shape index (κ3) is 5.43. The number of esters is 1. The van der Waals surface area contributed by atoms with Crippen molar-refractivity contribution < 1.29 is 32.2 Å². The Bertz CT molecular complexity index is 1010. The quantitative estimate of drug-likeness (QED) is 0.516. The number of anilines is 1. The van der Waals surface area contributed by atoms with Crippen LogP contribution in [0.4, 0.5) is 19.0 Å². The topological polar surface area (TPSA) is 73.8 Å². The number of hydrogen-bond acceptors (Lipinski definition) is 7. The van der Waals surface area contributed by atoms with Crippen molar-refractivity contribution in [2.75, 3.05) is 38.3 Å². The molecule has 1 saturated carbocycles. The number of benzene rings is 1. The Kier molecular flexibility index (Phi) is 6.97. The van der Waals surface area contributed by atoms with Gasteiger partial charge in [-0.15, -0.1) is 0 Å². The fraction of sp³-hybridized carbons (Fsp3) is 0.542. The van der Waals surface area contributed by atoms with Gasteiger partial charge >= 0.3 is 18.2 Å². The predicted octanol–water partition coefficient (Wildman–Crippen LogP) is 4.50. The summed E-state index contributed by atoms with van der Waals surface area (Å²) in [4.78, 5) is 23.3. The minimum atomic E-state index is -4.42. The standard InChI is InChI=1S/C24H28F3N3O4/c1-3-33-15-16-5-4-12-30(14-16)20-13-19(17-6-8-18(9-7-17)24(25,26)27)28-22(29-20)34-23(10-11-23)21(31)32-2/h6-9,13,16H,3-5,10-12,14-15H2,1-2H3/t16-/m0/s1. The first-order chi connectivity index (χ1) is 16.2. The lowest BCUT2D eigenvalue weighted by Gasteiger charge is -2.33. The molecule has 0 bridgehead atoms. The fourth-order valence-electron chi connectivity index (χ4n) is 4.11. The summed E-state index contributed by atoms with van der Waals surface area (Å²) >= 11 is 0. The van der Waals surface area contributed by atoms with Crippen molar-refractivity contribution >= 4 is 11.8 Å². The van der Waals surface area contributed by atoms with Crippen LogP contribution in [-0.4, -0.2) is 55.0 Å². The molecule has 1 aliphatic heterocycles. The first-order valence-electron chi connectivity index (χ1n) is 11.4. The number of piperidine rings is 1. The van der Waals surface area contributed by atoms with E-state index in [1.54, 1.807) is 6.07 Å². The summed E-state index contributed by atoms with van der Waals surface area (Å²) in [5.41, 5.74) is -0.933.